The zero-order valence-corrected chi connectivity index (χ0v) is 9.39. The molecule has 2 aromatic rings. The van der Waals surface area contributed by atoms with Crippen molar-refractivity contribution in [3.05, 3.63) is 70.8 Å². The Morgan fingerprint density at radius 2 is 1.24 bits per heavy atom. The van der Waals surface area contributed by atoms with Crippen LogP contribution in [0, 0.1) is 0 Å². The molecule has 17 heavy (non-hydrogen) atoms. The Balaban J connectivity index is 2.03. The number of carbonyl (C=O) groups excluding carboxylic acids is 1. The molecule has 0 aliphatic heterocycles. The van der Waals surface area contributed by atoms with Crippen molar-refractivity contribution in [2.24, 2.45) is 0 Å². The summed E-state index contributed by atoms with van der Waals surface area (Å²) in [5.41, 5.74) is 4.31. The Bertz CT molecular complexity index is 573. The zero-order valence-electron chi connectivity index (χ0n) is 9.39. The number of hydrogen-bond acceptors (Lipinski definition) is 1. The standard InChI is InChI=1S/C16H12O/c17-16-12-7-3-1-5-10(12)14-9-15(14)11-6-2-4-8-13(11)16/h1-8,14-15H,9H2/t14-,15+. The molecule has 82 valence electrons. The fourth-order valence-corrected chi connectivity index (χ4v) is 3.08. The van der Waals surface area contributed by atoms with Gasteiger partial charge in [-0.2, -0.15) is 0 Å². The maximum atomic E-state index is 12.5. The van der Waals surface area contributed by atoms with E-state index in [2.05, 4.69) is 12.1 Å². The van der Waals surface area contributed by atoms with Gasteiger partial charge in [0.15, 0.2) is 5.78 Å². The molecule has 0 saturated heterocycles. The van der Waals surface area contributed by atoms with Crippen LogP contribution >= 0.6 is 0 Å². The smallest absolute Gasteiger partial charge is 0.193 e. The second-order valence-corrected chi connectivity index (χ2v) is 4.95. The van der Waals surface area contributed by atoms with Crippen LogP contribution in [0.15, 0.2) is 48.5 Å². The SMILES string of the molecule is O=C1c2ccccc2[C@H]2C[C@H]2c2ccccc21. The first kappa shape index (κ1) is 9.17. The first-order valence-corrected chi connectivity index (χ1v) is 6.09. The largest absolute Gasteiger partial charge is 0.289 e. The first-order chi connectivity index (χ1) is 8.36. The van der Waals surface area contributed by atoms with Gasteiger partial charge in [0.25, 0.3) is 0 Å². The monoisotopic (exact) mass is 220 g/mol. The lowest BCUT2D eigenvalue weighted by molar-refractivity contribution is 0.103. The highest BCUT2D eigenvalue weighted by Crippen LogP contribution is 2.58. The lowest BCUT2D eigenvalue weighted by Gasteiger charge is -2.06. The molecule has 0 amide bonds. The van der Waals surface area contributed by atoms with Crippen LogP contribution in [0.25, 0.3) is 0 Å². The molecule has 2 aliphatic carbocycles. The van der Waals surface area contributed by atoms with Crippen LogP contribution in [-0.4, -0.2) is 5.78 Å². The van der Waals surface area contributed by atoms with Gasteiger partial charge in [-0.05, 0) is 29.4 Å². The molecule has 1 heteroatoms. The van der Waals surface area contributed by atoms with E-state index in [0.717, 1.165) is 11.1 Å². The lowest BCUT2D eigenvalue weighted by atomic mass is 9.96. The average molecular weight is 220 g/mol. The second-order valence-electron chi connectivity index (χ2n) is 4.95. The summed E-state index contributed by atoms with van der Waals surface area (Å²) >= 11 is 0. The van der Waals surface area contributed by atoms with Crippen LogP contribution in [0.4, 0.5) is 0 Å². The normalized spacial score (nSPS) is 24.4. The lowest BCUT2D eigenvalue weighted by Crippen LogP contribution is -2.04. The van der Waals surface area contributed by atoms with Gasteiger partial charge in [-0.3, -0.25) is 4.79 Å². The van der Waals surface area contributed by atoms with E-state index in [1.807, 2.05) is 36.4 Å². The summed E-state index contributed by atoms with van der Waals surface area (Å²) in [7, 11) is 0. The van der Waals surface area contributed by atoms with Crippen LogP contribution in [-0.2, 0) is 0 Å². The maximum Gasteiger partial charge on any atom is 0.193 e. The molecule has 0 aromatic heterocycles. The average Bonchev–Trinajstić information content (AvgIpc) is 3.18. The van der Waals surface area contributed by atoms with E-state index < -0.39 is 0 Å². The first-order valence-electron chi connectivity index (χ1n) is 6.09. The molecule has 1 saturated carbocycles. The van der Waals surface area contributed by atoms with E-state index in [4.69, 9.17) is 0 Å². The predicted molar refractivity (Wildman–Crippen MR) is 66.4 cm³/mol. The van der Waals surface area contributed by atoms with Gasteiger partial charge in [0.05, 0.1) is 0 Å². The Hall–Kier alpha value is -1.89. The highest BCUT2D eigenvalue weighted by Gasteiger charge is 2.45. The maximum absolute atomic E-state index is 12.5. The van der Waals surface area contributed by atoms with E-state index in [1.54, 1.807) is 0 Å². The molecular formula is C16H12O. The van der Waals surface area contributed by atoms with Crippen LogP contribution in [0.3, 0.4) is 0 Å². The second kappa shape index (κ2) is 3.07. The molecule has 4 rings (SSSR count). The van der Waals surface area contributed by atoms with Gasteiger partial charge in [0.1, 0.15) is 0 Å². The summed E-state index contributed by atoms with van der Waals surface area (Å²) in [4.78, 5) is 12.5. The Morgan fingerprint density at radius 3 is 1.76 bits per heavy atom. The topological polar surface area (TPSA) is 17.1 Å². The third-order valence-corrected chi connectivity index (χ3v) is 4.00. The molecule has 2 aromatic carbocycles. The van der Waals surface area contributed by atoms with Gasteiger partial charge in [0, 0.05) is 11.1 Å². The fourth-order valence-electron chi connectivity index (χ4n) is 3.08. The number of carbonyl (C=O) groups is 1. The minimum Gasteiger partial charge on any atom is -0.289 e. The number of fused-ring (bicyclic) bond motifs is 5. The quantitative estimate of drug-likeness (QED) is 0.664. The highest BCUT2D eigenvalue weighted by atomic mass is 16.1. The molecule has 0 unspecified atom stereocenters. The number of ketones is 1. The van der Waals surface area contributed by atoms with Crippen LogP contribution in [0.1, 0.15) is 45.3 Å². The molecule has 1 fully saturated rings. The molecule has 0 bridgehead atoms. The third-order valence-electron chi connectivity index (χ3n) is 4.00. The van der Waals surface area contributed by atoms with Gasteiger partial charge in [-0.15, -0.1) is 0 Å². The van der Waals surface area contributed by atoms with Gasteiger partial charge in [0.2, 0.25) is 0 Å². The Kier molecular flexibility index (Phi) is 1.66. The molecule has 0 spiro atoms. The van der Waals surface area contributed by atoms with Gasteiger partial charge in [-0.1, -0.05) is 48.5 Å². The van der Waals surface area contributed by atoms with E-state index >= 15 is 0 Å². The van der Waals surface area contributed by atoms with Crippen molar-refractivity contribution in [2.45, 2.75) is 18.3 Å². The summed E-state index contributed by atoms with van der Waals surface area (Å²) in [6, 6.07) is 16.2. The number of benzene rings is 2. The number of rotatable bonds is 0. The number of hydrogen-bond donors (Lipinski definition) is 0. The highest BCUT2D eigenvalue weighted by molar-refractivity contribution is 6.12. The van der Waals surface area contributed by atoms with E-state index in [-0.39, 0.29) is 5.78 Å². The van der Waals surface area contributed by atoms with Crippen molar-refractivity contribution < 1.29 is 4.79 Å². The minimum atomic E-state index is 0.198. The van der Waals surface area contributed by atoms with Crippen molar-refractivity contribution in [3.63, 3.8) is 0 Å². The Labute approximate surface area is 100 Å². The molecule has 0 N–H and O–H groups in total. The zero-order chi connectivity index (χ0) is 11.4. The van der Waals surface area contributed by atoms with Crippen molar-refractivity contribution in [3.8, 4) is 0 Å². The summed E-state index contributed by atoms with van der Waals surface area (Å²) in [5.74, 6) is 1.33. The Morgan fingerprint density at radius 1 is 0.765 bits per heavy atom. The van der Waals surface area contributed by atoms with E-state index in [9.17, 15) is 4.79 Å². The molecule has 2 atom stereocenters. The van der Waals surface area contributed by atoms with Crippen molar-refractivity contribution >= 4 is 5.78 Å². The van der Waals surface area contributed by atoms with E-state index in [1.165, 1.54) is 17.5 Å². The molecule has 0 radical (unpaired) electrons. The summed E-state index contributed by atoms with van der Waals surface area (Å²) < 4.78 is 0. The van der Waals surface area contributed by atoms with Crippen molar-refractivity contribution in [1.82, 2.24) is 0 Å². The third kappa shape index (κ3) is 1.17. The van der Waals surface area contributed by atoms with Gasteiger partial charge in [-0.25, -0.2) is 0 Å². The van der Waals surface area contributed by atoms with Crippen LogP contribution < -0.4 is 0 Å². The van der Waals surface area contributed by atoms with Crippen LogP contribution in [0.5, 0.6) is 0 Å². The van der Waals surface area contributed by atoms with Crippen LogP contribution in [0.2, 0.25) is 0 Å². The van der Waals surface area contributed by atoms with Gasteiger partial charge < -0.3 is 0 Å². The molecule has 2 aliphatic rings. The molecular weight excluding hydrogens is 208 g/mol. The summed E-state index contributed by atoms with van der Waals surface area (Å²) in [6.45, 7) is 0. The summed E-state index contributed by atoms with van der Waals surface area (Å²) in [5, 5.41) is 0. The van der Waals surface area contributed by atoms with E-state index in [0.29, 0.717) is 11.8 Å². The van der Waals surface area contributed by atoms with Crippen molar-refractivity contribution in [2.75, 3.05) is 0 Å². The predicted octanol–water partition coefficient (Wildman–Crippen LogP) is 3.50. The van der Waals surface area contributed by atoms with Crippen molar-refractivity contribution in [1.29, 1.82) is 0 Å². The molecule has 1 nitrogen and oxygen atoms in total. The molecule has 0 heterocycles. The minimum absolute atomic E-state index is 0.198. The van der Waals surface area contributed by atoms with Gasteiger partial charge >= 0.3 is 0 Å². The summed E-state index contributed by atoms with van der Waals surface area (Å²) in [6.07, 6.45) is 1.20. The fraction of sp³-hybridized carbons (Fsp3) is 0.188.